The third-order valence-corrected chi connectivity index (χ3v) is 4.38. The van der Waals surface area contributed by atoms with Gasteiger partial charge in [0.25, 0.3) is 0 Å². The monoisotopic (exact) mass is 316 g/mol. The van der Waals surface area contributed by atoms with Crippen molar-refractivity contribution in [1.29, 1.82) is 0 Å². The molecule has 1 aromatic heterocycles. The molecule has 1 aromatic carbocycles. The molecule has 0 unspecified atom stereocenters. The molecular weight excluding hydrogens is 292 g/mol. The highest BCUT2D eigenvalue weighted by molar-refractivity contribution is 7.11. The molecule has 0 radical (unpaired) electrons. The number of hydrogen-bond acceptors (Lipinski definition) is 3. The molecule has 4 nitrogen and oxygen atoms in total. The summed E-state index contributed by atoms with van der Waals surface area (Å²) >= 11 is 1.75. The number of nitrogens with one attached hydrogen (secondary N) is 1. The van der Waals surface area contributed by atoms with Crippen LogP contribution in [-0.2, 0) is 13.0 Å². The van der Waals surface area contributed by atoms with Crippen LogP contribution in [0.5, 0.6) is 0 Å². The predicted molar refractivity (Wildman–Crippen MR) is 94.6 cm³/mol. The fraction of sp³-hybridized carbons (Fsp3) is 0.412. The first-order valence-electron chi connectivity index (χ1n) is 7.47. The maximum Gasteiger partial charge on any atom is 0.193 e. The van der Waals surface area contributed by atoms with Gasteiger partial charge in [0.05, 0.1) is 5.01 Å². The third-order valence-electron chi connectivity index (χ3n) is 3.40. The van der Waals surface area contributed by atoms with E-state index >= 15 is 0 Å². The van der Waals surface area contributed by atoms with Crippen molar-refractivity contribution in [1.82, 2.24) is 15.2 Å². The van der Waals surface area contributed by atoms with Crippen molar-refractivity contribution in [3.05, 3.63) is 51.5 Å². The molecule has 22 heavy (non-hydrogen) atoms. The molecule has 5 heteroatoms. The van der Waals surface area contributed by atoms with Crippen LogP contribution in [0, 0.1) is 13.8 Å². The Hall–Kier alpha value is -1.88. The van der Waals surface area contributed by atoms with Gasteiger partial charge >= 0.3 is 0 Å². The number of benzene rings is 1. The summed E-state index contributed by atoms with van der Waals surface area (Å²) < 4.78 is 0. The fourth-order valence-electron chi connectivity index (χ4n) is 2.23. The van der Waals surface area contributed by atoms with Crippen LogP contribution < -0.4 is 5.32 Å². The van der Waals surface area contributed by atoms with Gasteiger partial charge in [0, 0.05) is 44.7 Å². The molecule has 2 rings (SSSR count). The molecule has 1 heterocycles. The Balaban J connectivity index is 1.83. The van der Waals surface area contributed by atoms with Crippen LogP contribution in [-0.4, -0.2) is 36.5 Å². The number of rotatable bonds is 5. The van der Waals surface area contributed by atoms with E-state index in [-0.39, 0.29) is 0 Å². The second-order valence-corrected chi connectivity index (χ2v) is 6.75. The summed E-state index contributed by atoms with van der Waals surface area (Å²) in [7, 11) is 3.88. The molecule has 0 bridgehead atoms. The van der Waals surface area contributed by atoms with E-state index in [0.717, 1.165) is 25.5 Å². The van der Waals surface area contributed by atoms with Crippen LogP contribution >= 0.6 is 11.3 Å². The second-order valence-electron chi connectivity index (χ2n) is 5.43. The Morgan fingerprint density at radius 2 is 2.00 bits per heavy atom. The van der Waals surface area contributed by atoms with E-state index < -0.39 is 0 Å². The van der Waals surface area contributed by atoms with Gasteiger partial charge in [-0.3, -0.25) is 4.99 Å². The number of aryl methyl sites for hydroxylation is 2. The van der Waals surface area contributed by atoms with Crippen molar-refractivity contribution in [3.8, 4) is 0 Å². The summed E-state index contributed by atoms with van der Waals surface area (Å²) in [4.78, 5) is 12.1. The van der Waals surface area contributed by atoms with E-state index in [9.17, 15) is 0 Å². The fourth-order valence-corrected chi connectivity index (χ4v) is 3.01. The molecule has 2 aromatic rings. The maximum atomic E-state index is 4.38. The van der Waals surface area contributed by atoms with E-state index in [4.69, 9.17) is 0 Å². The Bertz CT molecular complexity index is 616. The summed E-state index contributed by atoms with van der Waals surface area (Å²) in [6.45, 7) is 5.88. The van der Waals surface area contributed by atoms with Crippen LogP contribution in [0.3, 0.4) is 0 Å². The molecule has 0 aliphatic heterocycles. The van der Waals surface area contributed by atoms with Gasteiger partial charge in [-0.05, 0) is 19.4 Å². The van der Waals surface area contributed by atoms with Crippen molar-refractivity contribution in [2.45, 2.75) is 26.8 Å². The summed E-state index contributed by atoms with van der Waals surface area (Å²) in [6.07, 6.45) is 2.86. The van der Waals surface area contributed by atoms with Crippen LogP contribution in [0.4, 0.5) is 0 Å². The molecule has 0 amide bonds. The normalized spacial score (nSPS) is 11.5. The summed E-state index contributed by atoms with van der Waals surface area (Å²) in [5.41, 5.74) is 2.57. The molecule has 0 saturated heterocycles. The zero-order valence-electron chi connectivity index (χ0n) is 13.8. The van der Waals surface area contributed by atoms with Crippen LogP contribution in [0.2, 0.25) is 0 Å². The molecule has 0 spiro atoms. The summed E-state index contributed by atoms with van der Waals surface area (Å²) in [6, 6.07) is 8.61. The molecule has 0 aliphatic carbocycles. The predicted octanol–water partition coefficient (Wildman–Crippen LogP) is 3.01. The number of thiazole rings is 1. The second kappa shape index (κ2) is 7.94. The highest BCUT2D eigenvalue weighted by atomic mass is 32.1. The summed E-state index contributed by atoms with van der Waals surface area (Å²) in [5.74, 6) is 0.911. The summed E-state index contributed by atoms with van der Waals surface area (Å²) in [5, 5.41) is 4.57. The number of aromatic nitrogens is 1. The minimum atomic E-state index is 0.844. The van der Waals surface area contributed by atoms with Gasteiger partial charge < -0.3 is 10.2 Å². The third kappa shape index (κ3) is 4.84. The van der Waals surface area contributed by atoms with Gasteiger partial charge in [-0.25, -0.2) is 4.98 Å². The zero-order chi connectivity index (χ0) is 15.9. The minimum absolute atomic E-state index is 0.844. The van der Waals surface area contributed by atoms with E-state index in [2.05, 4.69) is 65.4 Å². The highest BCUT2D eigenvalue weighted by Gasteiger charge is 2.07. The molecule has 0 saturated carbocycles. The average molecular weight is 316 g/mol. The molecule has 118 valence electrons. The van der Waals surface area contributed by atoms with Crippen molar-refractivity contribution < 1.29 is 0 Å². The van der Waals surface area contributed by atoms with Gasteiger partial charge in [0.2, 0.25) is 0 Å². The van der Waals surface area contributed by atoms with Crippen molar-refractivity contribution in [3.63, 3.8) is 0 Å². The lowest BCUT2D eigenvalue weighted by molar-refractivity contribution is 0.477. The van der Waals surface area contributed by atoms with Crippen molar-refractivity contribution >= 4 is 17.3 Å². The smallest absolute Gasteiger partial charge is 0.193 e. The lowest BCUT2D eigenvalue weighted by Gasteiger charge is -2.22. The lowest BCUT2D eigenvalue weighted by atomic mass is 10.1. The number of nitrogens with zero attached hydrogens (tertiary/aromatic N) is 3. The Morgan fingerprint density at radius 1 is 1.27 bits per heavy atom. The van der Waals surface area contributed by atoms with Gasteiger partial charge in [-0.2, -0.15) is 0 Å². The standard InChI is InChI=1S/C17H24N4S/c1-13-5-7-15(8-6-13)12-21(4)17(18-3)19-10-9-16-20-11-14(2)22-16/h5-8,11H,9-10,12H2,1-4H3,(H,18,19). The van der Waals surface area contributed by atoms with E-state index in [1.165, 1.54) is 21.0 Å². The SMILES string of the molecule is CN=C(NCCc1ncc(C)s1)N(C)Cc1ccc(C)cc1. The van der Waals surface area contributed by atoms with Gasteiger partial charge in [-0.15, -0.1) is 11.3 Å². The lowest BCUT2D eigenvalue weighted by Crippen LogP contribution is -2.39. The molecule has 0 atom stereocenters. The number of hydrogen-bond donors (Lipinski definition) is 1. The Morgan fingerprint density at radius 3 is 2.59 bits per heavy atom. The first kappa shape index (κ1) is 16.5. The highest BCUT2D eigenvalue weighted by Crippen LogP contribution is 2.11. The first-order valence-corrected chi connectivity index (χ1v) is 8.29. The van der Waals surface area contributed by atoms with Crippen LogP contribution in [0.15, 0.2) is 35.5 Å². The van der Waals surface area contributed by atoms with Gasteiger partial charge in [-0.1, -0.05) is 29.8 Å². The molecular formula is C17H24N4S. The first-order chi connectivity index (χ1) is 10.6. The minimum Gasteiger partial charge on any atom is -0.356 e. The quantitative estimate of drug-likeness (QED) is 0.681. The number of aliphatic imine (C=N–C) groups is 1. The Labute approximate surface area is 136 Å². The molecule has 1 N–H and O–H groups in total. The van der Waals surface area contributed by atoms with Crippen molar-refractivity contribution in [2.24, 2.45) is 4.99 Å². The largest absolute Gasteiger partial charge is 0.356 e. The van der Waals surface area contributed by atoms with Crippen molar-refractivity contribution in [2.75, 3.05) is 20.6 Å². The van der Waals surface area contributed by atoms with E-state index in [1.54, 1.807) is 11.3 Å². The topological polar surface area (TPSA) is 40.5 Å². The molecule has 0 aliphatic rings. The number of guanidine groups is 1. The van der Waals surface area contributed by atoms with E-state index in [1.807, 2.05) is 13.2 Å². The van der Waals surface area contributed by atoms with Gasteiger partial charge in [0.15, 0.2) is 5.96 Å². The molecule has 0 fully saturated rings. The van der Waals surface area contributed by atoms with Gasteiger partial charge in [0.1, 0.15) is 0 Å². The zero-order valence-corrected chi connectivity index (χ0v) is 14.6. The van der Waals surface area contributed by atoms with Crippen LogP contribution in [0.1, 0.15) is 21.0 Å². The van der Waals surface area contributed by atoms with E-state index in [0.29, 0.717) is 0 Å². The average Bonchev–Trinajstić information content (AvgIpc) is 2.91. The maximum absolute atomic E-state index is 4.38. The Kier molecular flexibility index (Phi) is 5.95. The van der Waals surface area contributed by atoms with Crippen LogP contribution in [0.25, 0.3) is 0 Å².